The topological polar surface area (TPSA) is 55.1 Å². The molecule has 1 amide bonds. The van der Waals surface area contributed by atoms with Crippen LogP contribution >= 0.6 is 0 Å². The minimum Gasteiger partial charge on any atom is -0.350 e. The van der Waals surface area contributed by atoms with Crippen LogP contribution in [-0.4, -0.2) is 17.1 Å². The van der Waals surface area contributed by atoms with E-state index in [0.717, 1.165) is 0 Å². The molecule has 0 aliphatic rings. The summed E-state index contributed by atoms with van der Waals surface area (Å²) in [6, 6.07) is 7.46. The van der Waals surface area contributed by atoms with Gasteiger partial charge in [-0.3, -0.25) is 4.79 Å². The van der Waals surface area contributed by atoms with Crippen LogP contribution in [-0.2, 0) is 0 Å². The molecule has 2 aromatic rings. The smallest absolute Gasteiger partial charge is 0.290 e. The van der Waals surface area contributed by atoms with E-state index < -0.39 is 0 Å². The van der Waals surface area contributed by atoms with Gasteiger partial charge < -0.3 is 9.84 Å². The second kappa shape index (κ2) is 5.00. The number of halogens is 1. The van der Waals surface area contributed by atoms with Crippen molar-refractivity contribution in [3.05, 3.63) is 41.9 Å². The van der Waals surface area contributed by atoms with Crippen molar-refractivity contribution in [3.8, 4) is 11.3 Å². The number of amides is 1. The summed E-state index contributed by atoms with van der Waals surface area (Å²) in [5.41, 5.74) is 1.01. The molecule has 1 aromatic carbocycles. The second-order valence-electron chi connectivity index (χ2n) is 4.21. The average Bonchev–Trinajstić information content (AvgIpc) is 2.77. The van der Waals surface area contributed by atoms with E-state index in [2.05, 4.69) is 10.5 Å². The Kier molecular flexibility index (Phi) is 3.41. The molecule has 0 fully saturated rings. The predicted molar refractivity (Wildman–Crippen MR) is 64.5 cm³/mol. The summed E-state index contributed by atoms with van der Waals surface area (Å²) < 4.78 is 18.0. The molecule has 4 nitrogen and oxygen atoms in total. The fraction of sp³-hybridized carbons (Fsp3) is 0.231. The van der Waals surface area contributed by atoms with Gasteiger partial charge >= 0.3 is 0 Å². The lowest BCUT2D eigenvalue weighted by Gasteiger charge is -2.04. The molecule has 0 aliphatic carbocycles. The molecule has 5 heteroatoms. The van der Waals surface area contributed by atoms with Gasteiger partial charge in [0.2, 0.25) is 5.76 Å². The Morgan fingerprint density at radius 1 is 1.39 bits per heavy atom. The van der Waals surface area contributed by atoms with Crippen molar-refractivity contribution < 1.29 is 13.7 Å². The molecule has 0 spiro atoms. The lowest BCUT2D eigenvalue weighted by Crippen LogP contribution is -2.29. The molecule has 0 unspecified atom stereocenters. The van der Waals surface area contributed by atoms with Crippen LogP contribution in [0, 0.1) is 5.82 Å². The highest BCUT2D eigenvalue weighted by molar-refractivity contribution is 5.92. The number of hydrogen-bond donors (Lipinski definition) is 1. The number of carbonyl (C=O) groups excluding carboxylic acids is 1. The summed E-state index contributed by atoms with van der Waals surface area (Å²) in [4.78, 5) is 11.6. The van der Waals surface area contributed by atoms with Crippen molar-refractivity contribution in [3.63, 3.8) is 0 Å². The maximum atomic E-state index is 13.1. The number of nitrogens with zero attached hydrogens (tertiary/aromatic N) is 1. The lowest BCUT2D eigenvalue weighted by atomic mass is 10.1. The van der Waals surface area contributed by atoms with Gasteiger partial charge in [0.05, 0.1) is 0 Å². The third kappa shape index (κ3) is 2.74. The van der Waals surface area contributed by atoms with Gasteiger partial charge in [-0.15, -0.1) is 0 Å². The van der Waals surface area contributed by atoms with E-state index in [0.29, 0.717) is 11.3 Å². The van der Waals surface area contributed by atoms with Crippen LogP contribution in [0.3, 0.4) is 0 Å². The monoisotopic (exact) mass is 248 g/mol. The summed E-state index contributed by atoms with van der Waals surface area (Å²) >= 11 is 0. The molecule has 1 heterocycles. The maximum Gasteiger partial charge on any atom is 0.290 e. The Labute approximate surface area is 104 Å². The second-order valence-corrected chi connectivity index (χ2v) is 4.21. The molecule has 1 N–H and O–H groups in total. The number of rotatable bonds is 3. The van der Waals surface area contributed by atoms with Crippen molar-refractivity contribution in [2.75, 3.05) is 0 Å². The molecule has 0 radical (unpaired) electrons. The fourth-order valence-electron chi connectivity index (χ4n) is 1.50. The average molecular weight is 248 g/mol. The van der Waals surface area contributed by atoms with E-state index in [9.17, 15) is 9.18 Å². The predicted octanol–water partition coefficient (Wildman–Crippen LogP) is 2.62. The van der Waals surface area contributed by atoms with Gasteiger partial charge in [-0.05, 0) is 26.0 Å². The zero-order valence-corrected chi connectivity index (χ0v) is 10.1. The van der Waals surface area contributed by atoms with Crippen molar-refractivity contribution in [2.24, 2.45) is 0 Å². The SMILES string of the molecule is CC(C)NC(=O)c1cc(-c2cccc(F)c2)no1. The number of hydrogen-bond acceptors (Lipinski definition) is 3. The van der Waals surface area contributed by atoms with Crippen molar-refractivity contribution in [1.29, 1.82) is 0 Å². The molecule has 0 saturated heterocycles. The van der Waals surface area contributed by atoms with E-state index in [1.807, 2.05) is 13.8 Å². The molecular weight excluding hydrogens is 235 g/mol. The minimum atomic E-state index is -0.358. The van der Waals surface area contributed by atoms with Crippen molar-refractivity contribution >= 4 is 5.91 Å². The Hall–Kier alpha value is -2.17. The minimum absolute atomic E-state index is 0.0141. The molecule has 0 bridgehead atoms. The standard InChI is InChI=1S/C13H13FN2O2/c1-8(2)15-13(17)12-7-11(16-18-12)9-4-3-5-10(14)6-9/h3-8H,1-2H3,(H,15,17). The van der Waals surface area contributed by atoms with Gasteiger partial charge in [-0.1, -0.05) is 17.3 Å². The molecule has 0 atom stereocenters. The van der Waals surface area contributed by atoms with Crippen molar-refractivity contribution in [2.45, 2.75) is 19.9 Å². The zero-order valence-electron chi connectivity index (χ0n) is 10.1. The number of nitrogens with one attached hydrogen (secondary N) is 1. The van der Waals surface area contributed by atoms with Crippen LogP contribution in [0.4, 0.5) is 4.39 Å². The maximum absolute atomic E-state index is 13.1. The molecule has 18 heavy (non-hydrogen) atoms. The number of benzene rings is 1. The van der Waals surface area contributed by atoms with E-state index >= 15 is 0 Å². The van der Waals surface area contributed by atoms with E-state index in [1.165, 1.54) is 18.2 Å². The summed E-state index contributed by atoms with van der Waals surface area (Å²) in [6.07, 6.45) is 0. The van der Waals surface area contributed by atoms with Crippen LogP contribution in [0.5, 0.6) is 0 Å². The normalized spacial score (nSPS) is 10.7. The van der Waals surface area contributed by atoms with E-state index in [4.69, 9.17) is 4.52 Å². The Balaban J connectivity index is 2.23. The van der Waals surface area contributed by atoms with Gasteiger partial charge in [0, 0.05) is 17.7 Å². The Morgan fingerprint density at radius 2 is 2.17 bits per heavy atom. The van der Waals surface area contributed by atoms with Gasteiger partial charge in [0.1, 0.15) is 11.5 Å². The van der Waals surface area contributed by atoms with E-state index in [-0.39, 0.29) is 23.5 Å². The third-order valence-corrected chi connectivity index (χ3v) is 2.27. The van der Waals surface area contributed by atoms with Gasteiger partial charge in [-0.2, -0.15) is 0 Å². The van der Waals surface area contributed by atoms with Gasteiger partial charge in [-0.25, -0.2) is 4.39 Å². The summed E-state index contributed by atoms with van der Waals surface area (Å²) in [7, 11) is 0. The number of carbonyl (C=O) groups is 1. The molecule has 0 saturated carbocycles. The Morgan fingerprint density at radius 3 is 2.83 bits per heavy atom. The van der Waals surface area contributed by atoms with Crippen LogP contribution in [0.1, 0.15) is 24.4 Å². The quantitative estimate of drug-likeness (QED) is 0.908. The first-order chi connectivity index (χ1) is 8.56. The molecule has 0 aliphatic heterocycles. The first-order valence-corrected chi connectivity index (χ1v) is 5.60. The summed E-state index contributed by atoms with van der Waals surface area (Å²) in [5, 5.41) is 6.44. The third-order valence-electron chi connectivity index (χ3n) is 2.27. The van der Waals surface area contributed by atoms with Crippen LogP contribution < -0.4 is 5.32 Å². The first-order valence-electron chi connectivity index (χ1n) is 5.60. The van der Waals surface area contributed by atoms with Gasteiger partial charge in [0.15, 0.2) is 0 Å². The lowest BCUT2D eigenvalue weighted by molar-refractivity contribution is 0.0906. The van der Waals surface area contributed by atoms with E-state index in [1.54, 1.807) is 12.1 Å². The molecule has 94 valence electrons. The first kappa shape index (κ1) is 12.3. The van der Waals surface area contributed by atoms with Crippen LogP contribution in [0.2, 0.25) is 0 Å². The summed E-state index contributed by atoms with van der Waals surface area (Å²) in [5.74, 6) is -0.577. The molecule has 2 rings (SSSR count). The highest BCUT2D eigenvalue weighted by Gasteiger charge is 2.14. The zero-order chi connectivity index (χ0) is 13.1. The van der Waals surface area contributed by atoms with Gasteiger partial charge in [0.25, 0.3) is 5.91 Å². The highest BCUT2D eigenvalue weighted by atomic mass is 19.1. The van der Waals surface area contributed by atoms with Crippen LogP contribution in [0.25, 0.3) is 11.3 Å². The largest absolute Gasteiger partial charge is 0.350 e. The number of aromatic nitrogens is 1. The summed E-state index contributed by atoms with van der Waals surface area (Å²) in [6.45, 7) is 3.70. The van der Waals surface area contributed by atoms with Crippen molar-refractivity contribution in [1.82, 2.24) is 10.5 Å². The molecule has 1 aromatic heterocycles. The Bertz CT molecular complexity index is 564. The highest BCUT2D eigenvalue weighted by Crippen LogP contribution is 2.19. The molecular formula is C13H13FN2O2. The fourth-order valence-corrected chi connectivity index (χ4v) is 1.50. The van der Waals surface area contributed by atoms with Crippen LogP contribution in [0.15, 0.2) is 34.9 Å².